The van der Waals surface area contributed by atoms with Crippen LogP contribution in [0.15, 0.2) is 275 Å². The van der Waals surface area contributed by atoms with E-state index < -0.39 is 11.6 Å². The van der Waals surface area contributed by atoms with Crippen LogP contribution in [0.4, 0.5) is 48.6 Å². The summed E-state index contributed by atoms with van der Waals surface area (Å²) in [4.78, 5) is 41.0. The minimum atomic E-state index is -0.629. The lowest BCUT2D eigenvalue weighted by Gasteiger charge is -2.23. The van der Waals surface area contributed by atoms with Crippen molar-refractivity contribution in [2.45, 2.75) is 165 Å². The Morgan fingerprint density at radius 2 is 0.809 bits per heavy atom. The van der Waals surface area contributed by atoms with E-state index in [1.807, 2.05) is 69.2 Å². The molecule has 0 saturated heterocycles. The standard InChI is InChI=1S/C27H34N2.C26H33N3.C25H25N.C20H20N2O2.C18H21F2N3/c1-7-20-17-21(8-2)19-24(18-20)27(22-9-13-25(14-10-22)28(3)4)23-11-15-26(16-12-23)29(5)6;1-7-22-17-21(18-23(8-2)27-22)26(19-9-13-24(14-10-19)28(3)4)20-11-15-25(16-12-20)29(5)6;1-5-21-14-20(15-22(6-2)26-21)25-23-9-7-16(3)11-18(23)13-19-12-17(4)8-10-24(19)25;1-3-11-9-12(4-2)16-15(10-11)22-18(20(16)24)17-19(23)13-7-5-6-8-14(13)21-17;1-5-12-11-13(6-2)17(20)18(16(12)19)22-21-14-7-9-15(10-8-14)23(3)4/h9-19,27H,7-8H2,1-6H3;9-18,26H,7-8H2,1-6H3;7-15H,5-6H2,1-4H3;5-10,15-16,21,23H,3-4H2,1-2H3;7-11H,5-6H2,1-4H3. The van der Waals surface area contributed by atoms with Gasteiger partial charge in [0, 0.05) is 144 Å². The first kappa shape index (κ1) is 96.9. The van der Waals surface area contributed by atoms with Gasteiger partial charge in [0.1, 0.15) is 11.4 Å². The number of anilines is 5. The van der Waals surface area contributed by atoms with Crippen LogP contribution in [0.5, 0.6) is 5.75 Å². The molecule has 0 fully saturated rings. The van der Waals surface area contributed by atoms with Gasteiger partial charge in [-0.25, -0.2) is 8.78 Å². The Morgan fingerprint density at radius 1 is 0.405 bits per heavy atom. The molecule has 2 N–H and O–H groups in total. The number of aromatic amines is 1. The average Bonchev–Trinajstić information content (AvgIpc) is 1.74. The average molecular weight is 1750 g/mol. The Morgan fingerprint density at radius 3 is 1.19 bits per heavy atom. The molecule has 131 heavy (non-hydrogen) atoms. The Bertz CT molecular complexity index is 6000. The SMILES string of the molecule is CCC1=CC2N=C(c3[nH]c4ccccc4c3O)C(=O)C2C(CC)=C1.CCc1cc(-c2c3ccc(C)cc3cc3cc(C)ccc23)cc(CC)n1.CCc1cc(C(c2ccc(N(C)C)cc2)c2ccc(N(C)C)cc2)cc(CC)n1.CCc1cc(CC)c(F)c(N=Nc2ccc(N(C)C)cc2)c1F.CCc1cc(CC)cc(C(c2ccc(N(C)C)cc2)c2ccc(N(C)C)cc2)c1. The molecule has 14 aromatic rings. The van der Waals surface area contributed by atoms with E-state index in [1.54, 1.807) is 18.2 Å². The first-order valence-electron chi connectivity index (χ1n) is 46.7. The van der Waals surface area contributed by atoms with Crippen molar-refractivity contribution in [2.24, 2.45) is 21.1 Å². The van der Waals surface area contributed by atoms with Crippen LogP contribution in [0, 0.1) is 31.4 Å². The number of nitrogens with one attached hydrogen (secondary N) is 1. The zero-order valence-corrected chi connectivity index (χ0v) is 81.1. The van der Waals surface area contributed by atoms with E-state index in [1.165, 1.54) is 139 Å². The number of azo groups is 1. The minimum Gasteiger partial charge on any atom is -0.505 e. The predicted molar refractivity (Wildman–Crippen MR) is 552 cm³/mol. The van der Waals surface area contributed by atoms with E-state index in [9.17, 15) is 18.7 Å². The van der Waals surface area contributed by atoms with Crippen molar-refractivity contribution in [2.75, 3.05) is 95.0 Å². The molecule has 2 unspecified atom stereocenters. The fourth-order valence-electron chi connectivity index (χ4n) is 17.4. The summed E-state index contributed by atoms with van der Waals surface area (Å²) in [5, 5.41) is 24.3. The molecule has 3 aromatic heterocycles. The van der Waals surface area contributed by atoms with Gasteiger partial charge in [0.15, 0.2) is 28.9 Å². The normalized spacial score (nSPS) is 13.3. The van der Waals surface area contributed by atoms with Gasteiger partial charge in [-0.15, -0.1) is 5.11 Å². The van der Waals surface area contributed by atoms with E-state index in [0.717, 1.165) is 68.1 Å². The molecule has 0 spiro atoms. The van der Waals surface area contributed by atoms with Crippen molar-refractivity contribution >= 4 is 83.8 Å². The quantitative estimate of drug-likeness (QED) is 0.0326. The minimum absolute atomic E-state index is 0.00126. The van der Waals surface area contributed by atoms with Crippen molar-refractivity contribution in [1.29, 1.82) is 0 Å². The molecule has 0 amide bonds. The summed E-state index contributed by atoms with van der Waals surface area (Å²) in [6.45, 7) is 25.4. The number of pyridine rings is 2. The van der Waals surface area contributed by atoms with E-state index in [4.69, 9.17) is 9.97 Å². The summed E-state index contributed by atoms with van der Waals surface area (Å²) >= 11 is 0. The van der Waals surface area contributed by atoms with Crippen molar-refractivity contribution in [3.8, 4) is 16.9 Å². The number of Topliss-reactive ketones (excluding diaryl/α,β-unsaturated/α-hetero) is 1. The number of allylic oxidation sites excluding steroid dienone is 2. The molecule has 4 heterocycles. The lowest BCUT2D eigenvalue weighted by molar-refractivity contribution is -0.114. The number of rotatable bonds is 25. The number of aromatic hydroxyl groups is 1. The third-order valence-corrected chi connectivity index (χ3v) is 25.2. The van der Waals surface area contributed by atoms with Gasteiger partial charge in [-0.05, 0) is 288 Å². The fourth-order valence-corrected chi connectivity index (χ4v) is 17.4. The summed E-state index contributed by atoms with van der Waals surface area (Å²) in [7, 11) is 20.5. The van der Waals surface area contributed by atoms with E-state index >= 15 is 0 Å². The third-order valence-electron chi connectivity index (χ3n) is 25.2. The Hall–Kier alpha value is -13.1. The second kappa shape index (κ2) is 44.4. The van der Waals surface area contributed by atoms with E-state index in [-0.39, 0.29) is 41.0 Å². The maximum atomic E-state index is 14.3. The molecule has 2 atom stereocenters. The van der Waals surface area contributed by atoms with Gasteiger partial charge in [-0.2, -0.15) is 5.11 Å². The fraction of sp³-hybridized carbons (Fsp3) is 0.310. The van der Waals surface area contributed by atoms with Gasteiger partial charge >= 0.3 is 0 Å². The summed E-state index contributed by atoms with van der Waals surface area (Å²) in [6.07, 6.45) is 12.9. The second-order valence-corrected chi connectivity index (χ2v) is 35.3. The molecule has 11 aromatic carbocycles. The molecule has 1 aliphatic heterocycles. The number of H-pyrrole nitrogens is 1. The molecular formula is C116H133F2N11O2. The Balaban J connectivity index is 0.000000148. The van der Waals surface area contributed by atoms with Crippen LogP contribution in [0.2, 0.25) is 0 Å². The van der Waals surface area contributed by atoms with Gasteiger partial charge in [0.2, 0.25) is 0 Å². The third kappa shape index (κ3) is 23.0. The number of aryl methyl sites for hydroxylation is 10. The number of hydrogen-bond acceptors (Lipinski definition) is 12. The van der Waals surface area contributed by atoms with Crippen LogP contribution in [-0.4, -0.2) is 108 Å². The summed E-state index contributed by atoms with van der Waals surface area (Å²) in [5.41, 5.74) is 31.8. The topological polar surface area (TPSA) is 132 Å². The van der Waals surface area contributed by atoms with Gasteiger partial charge < -0.3 is 34.6 Å². The first-order chi connectivity index (χ1) is 63.0. The van der Waals surface area contributed by atoms with Crippen molar-refractivity contribution in [1.82, 2.24) is 15.0 Å². The molecule has 0 radical (unpaired) electrons. The van der Waals surface area contributed by atoms with Crippen LogP contribution in [0.3, 0.4) is 0 Å². The molecule has 13 nitrogen and oxygen atoms in total. The molecule has 1 aliphatic carbocycles. The monoisotopic (exact) mass is 1750 g/mol. The van der Waals surface area contributed by atoms with Gasteiger partial charge in [-0.3, -0.25) is 19.8 Å². The summed E-state index contributed by atoms with van der Waals surface area (Å²) in [6, 6.07) is 84.2. The smallest absolute Gasteiger partial charge is 0.192 e. The lowest BCUT2D eigenvalue weighted by atomic mass is 9.81. The summed E-state index contributed by atoms with van der Waals surface area (Å²) < 4.78 is 28.6. The number of hydrogen-bond donors (Lipinski definition) is 2. The highest BCUT2D eigenvalue weighted by molar-refractivity contribution is 6.49. The zero-order valence-electron chi connectivity index (χ0n) is 81.1. The van der Waals surface area contributed by atoms with Crippen molar-refractivity contribution < 1.29 is 18.7 Å². The number of benzene rings is 11. The number of halogens is 2. The molecule has 16 rings (SSSR count). The predicted octanol–water partition coefficient (Wildman–Crippen LogP) is 27.9. The highest BCUT2D eigenvalue weighted by atomic mass is 19.1. The molecular weight excluding hydrogens is 1620 g/mol. The second-order valence-electron chi connectivity index (χ2n) is 35.3. The van der Waals surface area contributed by atoms with E-state index in [0.29, 0.717) is 46.4 Å². The highest BCUT2D eigenvalue weighted by Gasteiger charge is 2.42. The number of para-hydroxylation sites is 1. The molecule has 0 bridgehead atoms. The first-order valence-corrected chi connectivity index (χ1v) is 46.7. The van der Waals surface area contributed by atoms with Gasteiger partial charge in [0.25, 0.3) is 0 Å². The Labute approximate surface area is 777 Å². The van der Waals surface area contributed by atoms with Crippen molar-refractivity contribution in [3.63, 3.8) is 0 Å². The van der Waals surface area contributed by atoms with E-state index in [2.05, 4.69) is 360 Å². The van der Waals surface area contributed by atoms with Crippen LogP contribution >= 0.6 is 0 Å². The highest BCUT2D eigenvalue weighted by Crippen LogP contribution is 2.43. The van der Waals surface area contributed by atoms with Gasteiger partial charge in [0.05, 0.1) is 17.6 Å². The largest absolute Gasteiger partial charge is 0.505 e. The number of ketones is 1. The van der Waals surface area contributed by atoms with Crippen LogP contribution in [-0.2, 0) is 56.2 Å². The maximum absolute atomic E-state index is 14.3. The van der Waals surface area contributed by atoms with Crippen LogP contribution in [0.1, 0.15) is 189 Å². The lowest BCUT2D eigenvalue weighted by Crippen LogP contribution is -2.27. The molecule has 678 valence electrons. The van der Waals surface area contributed by atoms with Crippen LogP contribution in [0.25, 0.3) is 43.6 Å². The maximum Gasteiger partial charge on any atom is 0.192 e. The summed E-state index contributed by atoms with van der Waals surface area (Å²) in [5.74, 6) is -0.933. The Kier molecular flexibility index (Phi) is 32.9. The number of nitrogens with zero attached hydrogens (tertiary/aromatic N) is 10. The van der Waals surface area contributed by atoms with Crippen molar-refractivity contribution in [3.05, 3.63) is 367 Å². The van der Waals surface area contributed by atoms with Gasteiger partial charge in [-0.1, -0.05) is 219 Å². The number of carbonyl (C=O) groups is 1. The number of aromatic nitrogens is 3. The molecule has 15 heteroatoms. The molecule has 0 saturated carbocycles. The molecule has 2 aliphatic rings. The number of fused-ring (bicyclic) bond motifs is 4. The number of carbonyl (C=O) groups excluding carboxylic acids is 1. The number of aliphatic imine (C=N–C) groups is 1. The van der Waals surface area contributed by atoms with Crippen LogP contribution < -0.4 is 24.5 Å². The zero-order chi connectivity index (χ0) is 94.0.